The summed E-state index contributed by atoms with van der Waals surface area (Å²) < 4.78 is 21.4. The summed E-state index contributed by atoms with van der Waals surface area (Å²) in [6, 6.07) is 10.4. The highest BCUT2D eigenvalue weighted by Crippen LogP contribution is 2.38. The Labute approximate surface area is 207 Å². The van der Waals surface area contributed by atoms with E-state index in [-0.39, 0.29) is 18.3 Å². The molecule has 0 spiro atoms. The van der Waals surface area contributed by atoms with Crippen molar-refractivity contribution < 1.29 is 13.9 Å². The van der Waals surface area contributed by atoms with E-state index in [1.165, 1.54) is 23.7 Å². The number of anilines is 3. The first-order valence-electron chi connectivity index (χ1n) is 12.2. The first-order valence-corrected chi connectivity index (χ1v) is 12.2. The second kappa shape index (κ2) is 8.82. The summed E-state index contributed by atoms with van der Waals surface area (Å²) in [7, 11) is 1.58. The van der Waals surface area contributed by atoms with E-state index in [9.17, 15) is 9.18 Å². The van der Waals surface area contributed by atoms with Gasteiger partial charge in [0, 0.05) is 29.7 Å². The molecule has 9 heteroatoms. The van der Waals surface area contributed by atoms with Crippen LogP contribution in [0.3, 0.4) is 0 Å². The zero-order chi connectivity index (χ0) is 24.8. The summed E-state index contributed by atoms with van der Waals surface area (Å²) in [5.41, 5.74) is 13.7. The Morgan fingerprint density at radius 3 is 2.89 bits per heavy atom. The summed E-state index contributed by atoms with van der Waals surface area (Å²) >= 11 is 0. The van der Waals surface area contributed by atoms with Gasteiger partial charge in [0.05, 0.1) is 24.9 Å². The first-order chi connectivity index (χ1) is 17.5. The molecule has 6 rings (SSSR count). The van der Waals surface area contributed by atoms with E-state index >= 15 is 0 Å². The Morgan fingerprint density at radius 2 is 2.03 bits per heavy atom. The number of fused-ring (bicyclic) bond motifs is 4. The number of halogens is 1. The number of benzene rings is 2. The second-order valence-corrected chi connectivity index (χ2v) is 9.30. The van der Waals surface area contributed by atoms with Crippen molar-refractivity contribution in [3.05, 3.63) is 65.4 Å². The van der Waals surface area contributed by atoms with Crippen LogP contribution in [0.5, 0.6) is 5.75 Å². The number of aryl methyl sites for hydroxylation is 2. The van der Waals surface area contributed by atoms with Crippen LogP contribution >= 0.6 is 0 Å². The number of methoxy groups -OCH3 is 1. The van der Waals surface area contributed by atoms with Gasteiger partial charge in [0.15, 0.2) is 5.82 Å². The molecule has 184 valence electrons. The summed E-state index contributed by atoms with van der Waals surface area (Å²) in [6.45, 7) is 0.921. The van der Waals surface area contributed by atoms with E-state index in [1.54, 1.807) is 19.2 Å². The molecule has 0 fully saturated rings. The number of nitrogen functional groups attached to an aromatic ring is 1. The number of aromatic nitrogens is 3. The normalized spacial score (nSPS) is 14.6. The van der Waals surface area contributed by atoms with Gasteiger partial charge in [-0.05, 0) is 73.6 Å². The number of carbonyl (C=O) groups excluding carboxylic acids is 1. The summed E-state index contributed by atoms with van der Waals surface area (Å²) in [5, 5.41) is 2.99. The van der Waals surface area contributed by atoms with Gasteiger partial charge in [-0.15, -0.1) is 0 Å². The Morgan fingerprint density at radius 1 is 1.14 bits per heavy atom. The average molecular weight is 487 g/mol. The topological polar surface area (TPSA) is 98.3 Å². The van der Waals surface area contributed by atoms with Crippen LogP contribution in [0.15, 0.2) is 42.7 Å². The minimum atomic E-state index is -0.251. The van der Waals surface area contributed by atoms with Crippen molar-refractivity contribution in [2.24, 2.45) is 0 Å². The molecule has 0 saturated carbocycles. The quantitative estimate of drug-likeness (QED) is 0.442. The Hall–Kier alpha value is -4.14. The van der Waals surface area contributed by atoms with Crippen molar-refractivity contribution in [1.29, 1.82) is 0 Å². The van der Waals surface area contributed by atoms with Gasteiger partial charge in [0.1, 0.15) is 23.4 Å². The van der Waals surface area contributed by atoms with E-state index in [4.69, 9.17) is 10.5 Å². The van der Waals surface area contributed by atoms with Gasteiger partial charge in [-0.2, -0.15) is 0 Å². The van der Waals surface area contributed by atoms with Gasteiger partial charge in [-0.25, -0.2) is 14.4 Å². The minimum absolute atomic E-state index is 0.164. The number of amides is 1. The predicted octanol–water partition coefficient (Wildman–Crippen LogP) is 4.03. The van der Waals surface area contributed by atoms with Crippen molar-refractivity contribution in [3.63, 3.8) is 0 Å². The third-order valence-corrected chi connectivity index (χ3v) is 7.13. The number of nitrogens with two attached hydrogens (primary N) is 1. The molecule has 4 aromatic rings. The van der Waals surface area contributed by atoms with Crippen LogP contribution in [0.4, 0.5) is 21.6 Å². The van der Waals surface area contributed by atoms with Crippen LogP contribution in [0.1, 0.15) is 29.7 Å². The number of rotatable bonds is 5. The molecule has 0 unspecified atom stereocenters. The fourth-order valence-corrected chi connectivity index (χ4v) is 5.58. The number of carbonyl (C=O) groups is 1. The zero-order valence-corrected chi connectivity index (χ0v) is 20.1. The molecule has 3 N–H and O–H groups in total. The molecule has 0 saturated heterocycles. The minimum Gasteiger partial charge on any atom is -0.494 e. The highest BCUT2D eigenvalue weighted by molar-refractivity contribution is 5.96. The van der Waals surface area contributed by atoms with Gasteiger partial charge in [0.2, 0.25) is 5.91 Å². The number of hydrogen-bond donors (Lipinski definition) is 2. The fourth-order valence-electron chi connectivity index (χ4n) is 5.58. The fraction of sp³-hybridized carbons (Fsp3) is 0.296. The van der Waals surface area contributed by atoms with Crippen LogP contribution in [0.2, 0.25) is 0 Å². The third-order valence-electron chi connectivity index (χ3n) is 7.13. The zero-order valence-electron chi connectivity index (χ0n) is 20.1. The number of nitrogens with one attached hydrogen (secondary N) is 1. The van der Waals surface area contributed by atoms with Crippen molar-refractivity contribution in [2.75, 3.05) is 36.1 Å². The van der Waals surface area contributed by atoms with Crippen molar-refractivity contribution in [3.8, 4) is 11.4 Å². The monoisotopic (exact) mass is 486 g/mol. The maximum absolute atomic E-state index is 13.6. The van der Waals surface area contributed by atoms with E-state index < -0.39 is 0 Å². The molecule has 0 bridgehead atoms. The second-order valence-electron chi connectivity index (χ2n) is 9.30. The van der Waals surface area contributed by atoms with Crippen molar-refractivity contribution in [1.82, 2.24) is 14.5 Å². The van der Waals surface area contributed by atoms with Crippen LogP contribution < -0.4 is 20.7 Å². The van der Waals surface area contributed by atoms with Crippen LogP contribution in [-0.2, 0) is 24.1 Å². The molecule has 3 heterocycles. The number of ether oxygens (including phenoxy) is 1. The first kappa shape index (κ1) is 22.3. The average Bonchev–Trinajstić information content (AvgIpc) is 3.46. The standard InChI is InChI=1S/C27H27FN6O2/c1-36-23-13-18(34-22-6-2-5-19(22)25-26(34)27(29)31-15-30-25)8-9-20(23)32-24(35)14-33-11-3-4-16-12-17(28)7-10-21(16)33/h7-10,12-13,15H,2-6,11,14H2,1H3,(H,32,35)(H2,29,30,31). The molecular formula is C27H27FN6O2. The van der Waals surface area contributed by atoms with Crippen LogP contribution in [0.25, 0.3) is 16.7 Å². The summed E-state index contributed by atoms with van der Waals surface area (Å²) in [5.74, 6) is 0.570. The molecule has 1 amide bonds. The van der Waals surface area contributed by atoms with Crippen LogP contribution in [0, 0.1) is 5.82 Å². The molecule has 2 aromatic carbocycles. The summed E-state index contributed by atoms with van der Waals surface area (Å²) in [6.07, 6.45) is 6.18. The van der Waals surface area contributed by atoms with E-state index in [0.717, 1.165) is 66.6 Å². The summed E-state index contributed by atoms with van der Waals surface area (Å²) in [4.78, 5) is 23.7. The third kappa shape index (κ3) is 3.71. The number of hydrogen-bond acceptors (Lipinski definition) is 6. The molecule has 2 aliphatic rings. The van der Waals surface area contributed by atoms with E-state index in [0.29, 0.717) is 17.3 Å². The molecule has 8 nitrogen and oxygen atoms in total. The van der Waals surface area contributed by atoms with Crippen molar-refractivity contribution >= 4 is 34.1 Å². The molecule has 2 aromatic heterocycles. The lowest BCUT2D eigenvalue weighted by atomic mass is 10.0. The van der Waals surface area contributed by atoms with Gasteiger partial charge >= 0.3 is 0 Å². The lowest BCUT2D eigenvalue weighted by Gasteiger charge is -2.30. The highest BCUT2D eigenvalue weighted by atomic mass is 19.1. The van der Waals surface area contributed by atoms with Gasteiger partial charge in [0.25, 0.3) is 0 Å². The maximum Gasteiger partial charge on any atom is 0.243 e. The Bertz CT molecular complexity index is 1500. The largest absolute Gasteiger partial charge is 0.494 e. The lowest BCUT2D eigenvalue weighted by Crippen LogP contribution is -2.36. The Balaban J connectivity index is 1.28. The van der Waals surface area contributed by atoms with Crippen molar-refractivity contribution in [2.45, 2.75) is 32.1 Å². The van der Waals surface area contributed by atoms with E-state index in [2.05, 4.69) is 19.9 Å². The number of nitrogens with zero attached hydrogens (tertiary/aromatic N) is 4. The van der Waals surface area contributed by atoms with Crippen LogP contribution in [-0.4, -0.2) is 40.6 Å². The van der Waals surface area contributed by atoms with Gasteiger partial charge in [-0.3, -0.25) is 4.79 Å². The molecule has 0 atom stereocenters. The maximum atomic E-state index is 13.6. The molecular weight excluding hydrogens is 459 g/mol. The lowest BCUT2D eigenvalue weighted by molar-refractivity contribution is -0.115. The molecule has 1 aliphatic heterocycles. The van der Waals surface area contributed by atoms with Gasteiger partial charge in [-0.1, -0.05) is 0 Å². The molecule has 36 heavy (non-hydrogen) atoms. The smallest absolute Gasteiger partial charge is 0.243 e. The highest BCUT2D eigenvalue weighted by Gasteiger charge is 2.26. The van der Waals surface area contributed by atoms with E-state index in [1.807, 2.05) is 23.1 Å². The Kier molecular flexibility index (Phi) is 5.47. The molecule has 0 radical (unpaired) electrons. The van der Waals surface area contributed by atoms with Gasteiger partial charge < -0.3 is 25.3 Å². The predicted molar refractivity (Wildman–Crippen MR) is 137 cm³/mol. The molecule has 1 aliphatic carbocycles. The SMILES string of the molecule is COc1cc(-n2c3c(c4ncnc(N)c42)CCC3)ccc1NC(=O)CN1CCCc2cc(F)ccc21.